The highest BCUT2D eigenvalue weighted by Crippen LogP contribution is 2.33. The van der Waals surface area contributed by atoms with Gasteiger partial charge in [-0.15, -0.1) is 25.0 Å². The van der Waals surface area contributed by atoms with Crippen molar-refractivity contribution in [3.8, 4) is 5.75 Å². The number of β-lactam (4-membered cyclic amide) rings is 1. The lowest BCUT2D eigenvalue weighted by molar-refractivity contribution is -0.750. The molecule has 21 heteroatoms. The van der Waals surface area contributed by atoms with Crippen molar-refractivity contribution in [1.82, 2.24) is 25.0 Å². The molecule has 1 saturated heterocycles. The third-order valence-electron chi connectivity index (χ3n) is 7.24. The van der Waals surface area contributed by atoms with Crippen LogP contribution in [0.15, 0.2) is 53.1 Å². The lowest BCUT2D eigenvalue weighted by Gasteiger charge is -2.50. The van der Waals surface area contributed by atoms with Crippen LogP contribution in [-0.2, 0) is 48.0 Å². The minimum atomic E-state index is -5.02. The van der Waals surface area contributed by atoms with E-state index in [0.29, 0.717) is 22.1 Å². The molecule has 1 aliphatic rings. The fraction of sp³-hybridized carbons (Fsp3) is 0.296. The molecular formula is C27H30N9O10S2+. The Bertz CT molecular complexity index is 2040. The van der Waals surface area contributed by atoms with Gasteiger partial charge in [0.25, 0.3) is 17.9 Å². The molecule has 2 atom stereocenters. The number of aliphatic carboxylic acids is 1. The summed E-state index contributed by atoms with van der Waals surface area (Å²) in [5, 5.41) is 21.6. The van der Waals surface area contributed by atoms with E-state index in [-0.39, 0.29) is 10.8 Å². The number of nitrogen functional groups attached to an aromatic ring is 1. The smallest absolute Gasteiger partial charge is 0.418 e. The highest BCUT2D eigenvalue weighted by Gasteiger charge is 2.58. The molecular weight excluding hydrogens is 674 g/mol. The van der Waals surface area contributed by atoms with E-state index >= 15 is 0 Å². The van der Waals surface area contributed by atoms with Crippen molar-refractivity contribution in [2.45, 2.75) is 31.5 Å². The fourth-order valence-corrected chi connectivity index (χ4v) is 5.53. The number of fused-ring (bicyclic) bond motifs is 1. The van der Waals surface area contributed by atoms with Crippen LogP contribution in [0.2, 0.25) is 0 Å². The average Bonchev–Trinajstić information content (AvgIpc) is 3.59. The molecule has 4 aromatic rings. The van der Waals surface area contributed by atoms with Gasteiger partial charge in [-0.1, -0.05) is 5.16 Å². The molecule has 0 spiro atoms. The summed E-state index contributed by atoms with van der Waals surface area (Å²) in [6.45, 7) is 2.20. The fourth-order valence-electron chi connectivity index (χ4n) is 4.53. The van der Waals surface area contributed by atoms with Crippen molar-refractivity contribution in [1.29, 1.82) is 0 Å². The van der Waals surface area contributed by atoms with Crippen molar-refractivity contribution in [2.75, 3.05) is 17.7 Å². The summed E-state index contributed by atoms with van der Waals surface area (Å²) in [7, 11) is -1.22. The summed E-state index contributed by atoms with van der Waals surface area (Å²) in [6, 6.07) is 9.16. The van der Waals surface area contributed by atoms with Crippen molar-refractivity contribution in [2.24, 2.45) is 19.3 Å². The Kier molecular flexibility index (Phi) is 9.22. The van der Waals surface area contributed by atoms with E-state index in [1.165, 1.54) is 19.2 Å². The zero-order valence-electron chi connectivity index (χ0n) is 25.7. The van der Waals surface area contributed by atoms with Crippen LogP contribution in [0, 0.1) is 0 Å². The Hall–Kier alpha value is -5.38. The molecule has 0 radical (unpaired) electrons. The summed E-state index contributed by atoms with van der Waals surface area (Å²) < 4.78 is 44.9. The number of pyridine rings is 1. The van der Waals surface area contributed by atoms with Gasteiger partial charge in [0.15, 0.2) is 29.9 Å². The van der Waals surface area contributed by atoms with E-state index in [0.717, 1.165) is 22.5 Å². The Morgan fingerprint density at radius 3 is 2.58 bits per heavy atom. The molecule has 19 nitrogen and oxygen atoms in total. The molecule has 48 heavy (non-hydrogen) atoms. The molecule has 3 aromatic heterocycles. The predicted octanol–water partition coefficient (Wildman–Crippen LogP) is 0.273. The summed E-state index contributed by atoms with van der Waals surface area (Å²) in [5.41, 5.74) is 4.30. The van der Waals surface area contributed by atoms with E-state index in [1.54, 1.807) is 24.3 Å². The highest BCUT2D eigenvalue weighted by molar-refractivity contribution is 7.80. The maximum Gasteiger partial charge on any atom is 0.418 e. The average molecular weight is 705 g/mol. The number of aromatic nitrogens is 4. The molecule has 0 saturated carbocycles. The van der Waals surface area contributed by atoms with Gasteiger partial charge in [0.2, 0.25) is 0 Å². The maximum atomic E-state index is 13.2. The first kappa shape index (κ1) is 34.0. The summed E-state index contributed by atoms with van der Waals surface area (Å²) in [6.07, 6.45) is 0.201. The van der Waals surface area contributed by atoms with Crippen molar-refractivity contribution in [3.05, 3.63) is 53.7 Å². The number of ether oxygens (including phenoxy) is 1. The van der Waals surface area contributed by atoms with Gasteiger partial charge in [-0.3, -0.25) is 14.1 Å². The SMILES string of the molecule is Cn1c(Nc2ccc3cc(OCC(O/N=C(\C(=O)N[C@@H]4C(=O)N(OS(=O)(=O)O)C4(C)C)c4csc(N)n4)C(=O)O)ccc3n2)cc[n+]1C. The van der Waals surface area contributed by atoms with E-state index in [9.17, 15) is 27.9 Å². The summed E-state index contributed by atoms with van der Waals surface area (Å²) in [5.74, 6) is -1.72. The monoisotopic (exact) mass is 704 g/mol. The van der Waals surface area contributed by atoms with Gasteiger partial charge in [-0.2, -0.15) is 13.5 Å². The number of nitrogens with one attached hydrogen (secondary N) is 2. The molecule has 1 aliphatic heterocycles. The first-order valence-corrected chi connectivity index (χ1v) is 16.1. The zero-order valence-corrected chi connectivity index (χ0v) is 27.4. The van der Waals surface area contributed by atoms with Crippen LogP contribution in [0.25, 0.3) is 10.9 Å². The number of benzene rings is 1. The number of carboxylic acids is 1. The van der Waals surface area contributed by atoms with Crippen LogP contribution in [-0.4, -0.2) is 85.6 Å². The Balaban J connectivity index is 1.28. The largest absolute Gasteiger partial charge is 0.489 e. The number of carbonyl (C=O) groups excluding carboxylic acids is 2. The number of hydrogen-bond acceptors (Lipinski definition) is 14. The van der Waals surface area contributed by atoms with E-state index in [4.69, 9.17) is 19.9 Å². The van der Waals surface area contributed by atoms with E-state index < -0.39 is 58.2 Å². The predicted molar refractivity (Wildman–Crippen MR) is 168 cm³/mol. The second-order valence-corrected chi connectivity index (χ2v) is 12.8. The first-order valence-electron chi connectivity index (χ1n) is 13.9. The number of oxime groups is 1. The van der Waals surface area contributed by atoms with E-state index in [2.05, 4.69) is 30.0 Å². The van der Waals surface area contributed by atoms with Gasteiger partial charge >= 0.3 is 16.4 Å². The molecule has 4 heterocycles. The number of rotatable bonds is 13. The van der Waals surface area contributed by atoms with Crippen LogP contribution < -0.4 is 25.8 Å². The molecule has 1 aromatic carbocycles. The normalized spacial score (nSPS) is 16.7. The van der Waals surface area contributed by atoms with Crippen LogP contribution in [0.1, 0.15) is 19.5 Å². The van der Waals surface area contributed by atoms with Crippen LogP contribution in [0.5, 0.6) is 5.75 Å². The Labute approximate surface area is 276 Å². The summed E-state index contributed by atoms with van der Waals surface area (Å²) >= 11 is 0.956. The van der Waals surface area contributed by atoms with Crippen molar-refractivity contribution in [3.63, 3.8) is 0 Å². The van der Waals surface area contributed by atoms with Crippen LogP contribution in [0.4, 0.5) is 16.8 Å². The molecule has 0 aliphatic carbocycles. The molecule has 2 amide bonds. The number of aryl methyl sites for hydroxylation is 1. The zero-order chi connectivity index (χ0) is 35.0. The molecule has 254 valence electrons. The first-order chi connectivity index (χ1) is 22.5. The van der Waals surface area contributed by atoms with Crippen molar-refractivity contribution >= 4 is 72.9 Å². The quantitative estimate of drug-likeness (QED) is 0.0412. The van der Waals surface area contributed by atoms with Crippen molar-refractivity contribution < 1.29 is 51.0 Å². The number of anilines is 3. The van der Waals surface area contributed by atoms with Gasteiger partial charge in [-0.25, -0.2) is 14.8 Å². The Morgan fingerprint density at radius 1 is 1.23 bits per heavy atom. The number of carbonyl (C=O) groups is 3. The molecule has 5 rings (SSSR count). The summed E-state index contributed by atoms with van der Waals surface area (Å²) in [4.78, 5) is 51.6. The van der Waals surface area contributed by atoms with Crippen LogP contribution in [0.3, 0.4) is 0 Å². The third-order valence-corrected chi connectivity index (χ3v) is 8.25. The molecule has 1 fully saturated rings. The minimum absolute atomic E-state index is 0.0548. The van der Waals surface area contributed by atoms with Gasteiger partial charge in [-0.05, 0) is 44.2 Å². The maximum absolute atomic E-state index is 13.2. The topological polar surface area (TPSA) is 254 Å². The minimum Gasteiger partial charge on any atom is -0.489 e. The van der Waals surface area contributed by atoms with E-state index in [1.807, 2.05) is 41.8 Å². The van der Waals surface area contributed by atoms with Crippen LogP contribution >= 0.6 is 11.3 Å². The highest BCUT2D eigenvalue weighted by atomic mass is 32.3. The number of hydrogen-bond donors (Lipinski definition) is 5. The lowest BCUT2D eigenvalue weighted by atomic mass is 9.84. The molecule has 1 unspecified atom stereocenters. The Morgan fingerprint density at radius 2 is 1.98 bits per heavy atom. The number of amides is 2. The molecule has 6 N–H and O–H groups in total. The second kappa shape index (κ2) is 13.0. The lowest BCUT2D eigenvalue weighted by Crippen LogP contribution is -2.76. The molecule has 0 bridgehead atoms. The van der Waals surface area contributed by atoms with Gasteiger partial charge < -0.3 is 31.0 Å². The number of thiazole rings is 1. The van der Waals surface area contributed by atoms with Gasteiger partial charge in [0.05, 0.1) is 24.2 Å². The van der Waals surface area contributed by atoms with Gasteiger partial charge in [0.1, 0.15) is 29.9 Å². The second-order valence-electron chi connectivity index (χ2n) is 10.9. The van der Waals surface area contributed by atoms with Gasteiger partial charge in [0, 0.05) is 10.8 Å². The number of hydroxylamine groups is 2. The number of nitrogens with two attached hydrogens (primary N) is 1. The third kappa shape index (κ3) is 7.27. The number of carboxylic acid groups (broad SMARTS) is 1. The number of nitrogens with zero attached hydrogens (tertiary/aromatic N) is 6. The standard InChI is InChI=1S/C27H29N9O10S2/c1-27(2)22(24(38)36(27)46-48(41,42)43)32-23(37)21(17-13-47-26(28)30-17)33-45-18(25(39)40)12-44-15-6-7-16-14(11-15)5-8-19(29-16)31-20-9-10-34(3)35(20)4/h5-11,13,18,22H,12H2,1-4H3,(H5,28,30,32,37,39,40,41,42,43)/p+1/b33-21-/t18?,22-/m1/s1.